The zero-order valence-corrected chi connectivity index (χ0v) is 11.5. The molecule has 0 atom stereocenters. The molecule has 1 amide bonds. The fourth-order valence-corrected chi connectivity index (χ4v) is 2.44. The molecule has 2 heterocycles. The van der Waals surface area contributed by atoms with Gasteiger partial charge < -0.3 is 4.90 Å². The van der Waals surface area contributed by atoms with E-state index >= 15 is 0 Å². The third kappa shape index (κ3) is 3.71. The van der Waals surface area contributed by atoms with Gasteiger partial charge >= 0.3 is 0 Å². The Kier molecular flexibility index (Phi) is 5.00. The van der Waals surface area contributed by atoms with E-state index in [0.29, 0.717) is 6.54 Å². The van der Waals surface area contributed by atoms with Gasteiger partial charge in [-0.2, -0.15) is 11.8 Å². The predicted molar refractivity (Wildman–Crippen MR) is 71.4 cm³/mol. The molecule has 0 N–H and O–H groups in total. The molecule has 0 bridgehead atoms. The standard InChI is InChI=1S/C11H19N5OS/c1-18-9-8-14-4-6-15(7-5-14)11(17)10-16-3-2-12-13-16/h2-3H,4-10H2,1H3. The maximum atomic E-state index is 12.0. The highest BCUT2D eigenvalue weighted by Gasteiger charge is 2.20. The summed E-state index contributed by atoms with van der Waals surface area (Å²) in [5.41, 5.74) is 0. The van der Waals surface area contributed by atoms with Gasteiger partial charge in [0.25, 0.3) is 0 Å². The van der Waals surface area contributed by atoms with Gasteiger partial charge in [-0.15, -0.1) is 5.10 Å². The van der Waals surface area contributed by atoms with E-state index in [9.17, 15) is 4.79 Å². The first-order valence-electron chi connectivity index (χ1n) is 6.13. The average Bonchev–Trinajstić information content (AvgIpc) is 2.89. The lowest BCUT2D eigenvalue weighted by Crippen LogP contribution is -2.50. The van der Waals surface area contributed by atoms with Crippen molar-refractivity contribution in [2.45, 2.75) is 6.54 Å². The highest BCUT2D eigenvalue weighted by Crippen LogP contribution is 2.04. The number of piperazine rings is 1. The summed E-state index contributed by atoms with van der Waals surface area (Å²) in [6.45, 7) is 5.01. The molecule has 1 fully saturated rings. The Morgan fingerprint density at radius 2 is 2.11 bits per heavy atom. The van der Waals surface area contributed by atoms with Crippen molar-refractivity contribution < 1.29 is 4.79 Å². The molecular formula is C11H19N5OS. The van der Waals surface area contributed by atoms with Crippen LogP contribution in [0.3, 0.4) is 0 Å². The molecule has 1 aliphatic rings. The van der Waals surface area contributed by atoms with Crippen molar-refractivity contribution >= 4 is 17.7 Å². The van der Waals surface area contributed by atoms with Crippen LogP contribution in [0.2, 0.25) is 0 Å². The number of rotatable bonds is 5. The fourth-order valence-electron chi connectivity index (χ4n) is 2.00. The second kappa shape index (κ2) is 6.75. The summed E-state index contributed by atoms with van der Waals surface area (Å²) in [6, 6.07) is 0. The highest BCUT2D eigenvalue weighted by molar-refractivity contribution is 7.98. The van der Waals surface area contributed by atoms with E-state index in [4.69, 9.17) is 0 Å². The lowest BCUT2D eigenvalue weighted by Gasteiger charge is -2.34. The fraction of sp³-hybridized carbons (Fsp3) is 0.727. The summed E-state index contributed by atoms with van der Waals surface area (Å²) in [5, 5.41) is 7.51. The van der Waals surface area contributed by atoms with Gasteiger partial charge in [-0.3, -0.25) is 9.69 Å². The summed E-state index contributed by atoms with van der Waals surface area (Å²) < 4.78 is 1.57. The minimum absolute atomic E-state index is 0.130. The highest BCUT2D eigenvalue weighted by atomic mass is 32.2. The van der Waals surface area contributed by atoms with E-state index < -0.39 is 0 Å². The molecule has 0 saturated carbocycles. The number of thioether (sulfide) groups is 1. The number of carbonyl (C=O) groups excluding carboxylic acids is 1. The molecule has 7 heteroatoms. The lowest BCUT2D eigenvalue weighted by atomic mass is 10.3. The summed E-state index contributed by atoms with van der Waals surface area (Å²) >= 11 is 1.86. The van der Waals surface area contributed by atoms with Crippen molar-refractivity contribution in [2.24, 2.45) is 0 Å². The number of hydrogen-bond donors (Lipinski definition) is 0. The number of amides is 1. The summed E-state index contributed by atoms with van der Waals surface area (Å²) in [5.74, 6) is 1.29. The molecule has 0 aliphatic carbocycles. The largest absolute Gasteiger partial charge is 0.339 e. The summed E-state index contributed by atoms with van der Waals surface area (Å²) in [6.07, 6.45) is 5.43. The summed E-state index contributed by atoms with van der Waals surface area (Å²) in [4.78, 5) is 16.3. The second-order valence-corrected chi connectivity index (χ2v) is 5.30. The maximum absolute atomic E-state index is 12.0. The maximum Gasteiger partial charge on any atom is 0.244 e. The minimum atomic E-state index is 0.130. The number of carbonyl (C=O) groups is 1. The minimum Gasteiger partial charge on any atom is -0.339 e. The van der Waals surface area contributed by atoms with Crippen LogP contribution in [0.25, 0.3) is 0 Å². The first kappa shape index (κ1) is 13.4. The molecule has 1 aliphatic heterocycles. The van der Waals surface area contributed by atoms with Crippen LogP contribution < -0.4 is 0 Å². The van der Waals surface area contributed by atoms with E-state index in [-0.39, 0.29) is 5.91 Å². The smallest absolute Gasteiger partial charge is 0.244 e. The molecule has 0 unspecified atom stereocenters. The van der Waals surface area contributed by atoms with Crippen LogP contribution in [0.5, 0.6) is 0 Å². The molecule has 100 valence electrons. The number of aromatic nitrogens is 3. The second-order valence-electron chi connectivity index (χ2n) is 4.32. The van der Waals surface area contributed by atoms with Gasteiger partial charge in [0, 0.05) is 44.7 Å². The molecule has 0 spiro atoms. The Hall–Kier alpha value is -1.08. The molecule has 1 aromatic rings. The summed E-state index contributed by atoms with van der Waals surface area (Å²) in [7, 11) is 0. The molecule has 2 rings (SSSR count). The third-order valence-corrected chi connectivity index (χ3v) is 3.70. The van der Waals surface area contributed by atoms with Crippen LogP contribution in [-0.2, 0) is 11.3 Å². The first-order valence-corrected chi connectivity index (χ1v) is 7.52. The molecular weight excluding hydrogens is 250 g/mol. The molecule has 0 aromatic carbocycles. The molecule has 1 aromatic heterocycles. The normalized spacial score (nSPS) is 17.1. The van der Waals surface area contributed by atoms with Gasteiger partial charge in [0.1, 0.15) is 6.54 Å². The Labute approximate surface area is 111 Å². The van der Waals surface area contributed by atoms with Crippen LogP contribution in [0.4, 0.5) is 0 Å². The van der Waals surface area contributed by atoms with Gasteiger partial charge in [0.2, 0.25) is 5.91 Å². The van der Waals surface area contributed by atoms with Gasteiger partial charge in [-0.25, -0.2) is 4.68 Å². The van der Waals surface area contributed by atoms with Crippen molar-refractivity contribution in [3.63, 3.8) is 0 Å². The monoisotopic (exact) mass is 269 g/mol. The molecule has 6 nitrogen and oxygen atoms in total. The average molecular weight is 269 g/mol. The molecule has 0 radical (unpaired) electrons. The van der Waals surface area contributed by atoms with Gasteiger partial charge in [-0.05, 0) is 6.26 Å². The van der Waals surface area contributed by atoms with Gasteiger partial charge in [0.15, 0.2) is 0 Å². The van der Waals surface area contributed by atoms with Crippen LogP contribution in [0, 0.1) is 0 Å². The Bertz CT molecular complexity index is 362. The Morgan fingerprint density at radius 3 is 2.72 bits per heavy atom. The van der Waals surface area contributed by atoms with Crippen LogP contribution >= 0.6 is 11.8 Å². The predicted octanol–water partition coefficient (Wildman–Crippen LogP) is -0.215. The van der Waals surface area contributed by atoms with E-state index in [2.05, 4.69) is 21.5 Å². The van der Waals surface area contributed by atoms with E-state index in [1.165, 1.54) is 0 Å². The first-order chi connectivity index (χ1) is 8.79. The van der Waals surface area contributed by atoms with Crippen molar-refractivity contribution in [3.05, 3.63) is 12.4 Å². The van der Waals surface area contributed by atoms with Crippen molar-refractivity contribution in [1.29, 1.82) is 0 Å². The van der Waals surface area contributed by atoms with Gasteiger partial charge in [0.05, 0.1) is 6.20 Å². The van der Waals surface area contributed by atoms with E-state index in [0.717, 1.165) is 38.5 Å². The third-order valence-electron chi connectivity index (χ3n) is 3.11. The van der Waals surface area contributed by atoms with Crippen molar-refractivity contribution in [2.75, 3.05) is 44.7 Å². The molecule has 1 saturated heterocycles. The zero-order valence-electron chi connectivity index (χ0n) is 10.7. The van der Waals surface area contributed by atoms with E-state index in [1.807, 2.05) is 16.7 Å². The Morgan fingerprint density at radius 1 is 1.33 bits per heavy atom. The Balaban J connectivity index is 1.73. The van der Waals surface area contributed by atoms with Crippen LogP contribution in [0.15, 0.2) is 12.4 Å². The van der Waals surface area contributed by atoms with Crippen LogP contribution in [-0.4, -0.2) is 75.4 Å². The number of hydrogen-bond acceptors (Lipinski definition) is 5. The van der Waals surface area contributed by atoms with Crippen molar-refractivity contribution in [1.82, 2.24) is 24.8 Å². The van der Waals surface area contributed by atoms with E-state index in [1.54, 1.807) is 17.1 Å². The van der Waals surface area contributed by atoms with Crippen LogP contribution in [0.1, 0.15) is 0 Å². The topological polar surface area (TPSA) is 54.3 Å². The van der Waals surface area contributed by atoms with Gasteiger partial charge in [-0.1, -0.05) is 5.21 Å². The molecule has 18 heavy (non-hydrogen) atoms. The quantitative estimate of drug-likeness (QED) is 0.740. The van der Waals surface area contributed by atoms with Crippen molar-refractivity contribution in [3.8, 4) is 0 Å². The number of nitrogens with zero attached hydrogens (tertiary/aromatic N) is 5. The SMILES string of the molecule is CSCCN1CCN(C(=O)Cn2ccnn2)CC1. The zero-order chi connectivity index (χ0) is 12.8. The lowest BCUT2D eigenvalue weighted by molar-refractivity contribution is -0.133.